The average Bonchev–Trinajstić information content (AvgIpc) is 3.11. The number of hydrogen-bond donors (Lipinski definition) is 2. The van der Waals surface area contributed by atoms with E-state index in [4.69, 9.17) is 0 Å². The number of nitrogens with zero attached hydrogens (tertiary/aromatic N) is 1. The molecule has 1 aromatic heterocycles. The second-order valence-electron chi connectivity index (χ2n) is 5.57. The van der Waals surface area contributed by atoms with Crippen LogP contribution in [0.1, 0.15) is 12.8 Å². The van der Waals surface area contributed by atoms with E-state index < -0.39 is 10.0 Å². The van der Waals surface area contributed by atoms with E-state index >= 15 is 0 Å². The normalized spacial score (nSPS) is 16.7. The van der Waals surface area contributed by atoms with E-state index in [-0.39, 0.29) is 12.1 Å². The second kappa shape index (κ2) is 7.33. The number of rotatable bonds is 4. The molecule has 1 fully saturated rings. The lowest BCUT2D eigenvalue weighted by Gasteiger charge is -2.31. The first-order valence-corrected chi connectivity index (χ1v) is 10.0. The zero-order chi connectivity index (χ0) is 17.0. The fourth-order valence-electron chi connectivity index (χ4n) is 2.65. The van der Waals surface area contributed by atoms with Gasteiger partial charge in [0.1, 0.15) is 4.21 Å². The first-order valence-electron chi connectivity index (χ1n) is 7.72. The smallest absolute Gasteiger partial charge is 0.319 e. The number of urea groups is 1. The van der Waals surface area contributed by atoms with Crippen LogP contribution < -0.4 is 10.6 Å². The van der Waals surface area contributed by atoms with Gasteiger partial charge in [-0.2, -0.15) is 4.31 Å². The van der Waals surface area contributed by atoms with Gasteiger partial charge in [-0.1, -0.05) is 24.3 Å². The molecule has 2 N–H and O–H groups in total. The van der Waals surface area contributed by atoms with Crippen LogP contribution in [0.15, 0.2) is 52.1 Å². The minimum absolute atomic E-state index is 0.0245. The van der Waals surface area contributed by atoms with Gasteiger partial charge in [-0.25, -0.2) is 13.2 Å². The van der Waals surface area contributed by atoms with Crippen molar-refractivity contribution in [1.29, 1.82) is 0 Å². The van der Waals surface area contributed by atoms with Crippen molar-refractivity contribution < 1.29 is 13.2 Å². The Bertz CT molecular complexity index is 768. The average molecular weight is 365 g/mol. The van der Waals surface area contributed by atoms with Gasteiger partial charge in [0.2, 0.25) is 0 Å². The molecule has 0 bridgehead atoms. The Morgan fingerprint density at radius 3 is 2.42 bits per heavy atom. The zero-order valence-corrected chi connectivity index (χ0v) is 14.6. The van der Waals surface area contributed by atoms with Crippen molar-refractivity contribution in [2.45, 2.75) is 23.1 Å². The highest BCUT2D eigenvalue weighted by molar-refractivity contribution is 7.91. The molecule has 24 heavy (non-hydrogen) atoms. The topological polar surface area (TPSA) is 78.5 Å². The highest BCUT2D eigenvalue weighted by Gasteiger charge is 2.30. The van der Waals surface area contributed by atoms with Crippen LogP contribution in [0.5, 0.6) is 0 Å². The van der Waals surface area contributed by atoms with Gasteiger partial charge in [0.15, 0.2) is 0 Å². The SMILES string of the molecule is O=C(Nc1ccccc1)NC1CCN(S(=O)(=O)c2cccs2)CC1. The monoisotopic (exact) mass is 365 g/mol. The molecule has 1 aliphatic rings. The molecule has 128 valence electrons. The third-order valence-electron chi connectivity index (χ3n) is 3.91. The minimum atomic E-state index is -3.40. The van der Waals surface area contributed by atoms with Crippen molar-refractivity contribution in [2.75, 3.05) is 18.4 Å². The molecule has 0 radical (unpaired) electrons. The lowest BCUT2D eigenvalue weighted by Crippen LogP contribution is -2.47. The van der Waals surface area contributed by atoms with E-state index in [1.807, 2.05) is 30.3 Å². The largest absolute Gasteiger partial charge is 0.335 e. The number of para-hydroxylation sites is 1. The van der Waals surface area contributed by atoms with Crippen LogP contribution in [0, 0.1) is 0 Å². The van der Waals surface area contributed by atoms with Crippen molar-refractivity contribution in [1.82, 2.24) is 9.62 Å². The maximum absolute atomic E-state index is 12.5. The molecular formula is C16H19N3O3S2. The first kappa shape index (κ1) is 16.9. The third kappa shape index (κ3) is 3.95. The molecule has 8 heteroatoms. The number of carbonyl (C=O) groups is 1. The van der Waals surface area contributed by atoms with Crippen molar-refractivity contribution in [3.8, 4) is 0 Å². The van der Waals surface area contributed by atoms with Crippen LogP contribution in [0.25, 0.3) is 0 Å². The van der Waals surface area contributed by atoms with Gasteiger partial charge < -0.3 is 10.6 Å². The van der Waals surface area contributed by atoms with E-state index in [2.05, 4.69) is 10.6 Å². The summed E-state index contributed by atoms with van der Waals surface area (Å²) in [5.74, 6) is 0. The summed E-state index contributed by atoms with van der Waals surface area (Å²) in [7, 11) is -3.40. The summed E-state index contributed by atoms with van der Waals surface area (Å²) in [5.41, 5.74) is 0.729. The van der Waals surface area contributed by atoms with Crippen LogP contribution in [0.4, 0.5) is 10.5 Å². The highest BCUT2D eigenvalue weighted by Crippen LogP contribution is 2.24. The molecule has 1 aromatic carbocycles. The standard InChI is InChI=1S/C16H19N3O3S2/c20-16(17-13-5-2-1-3-6-13)18-14-8-10-19(11-9-14)24(21,22)15-7-4-12-23-15/h1-7,12,14H,8-11H2,(H2,17,18,20). The summed E-state index contributed by atoms with van der Waals surface area (Å²) in [4.78, 5) is 12.0. The number of carbonyl (C=O) groups excluding carboxylic acids is 1. The van der Waals surface area contributed by atoms with E-state index in [0.29, 0.717) is 30.1 Å². The van der Waals surface area contributed by atoms with Gasteiger partial charge >= 0.3 is 6.03 Å². The molecule has 6 nitrogen and oxygen atoms in total. The zero-order valence-electron chi connectivity index (χ0n) is 13.0. The van der Waals surface area contributed by atoms with Crippen molar-refractivity contribution >= 4 is 33.1 Å². The molecular weight excluding hydrogens is 346 g/mol. The number of piperidine rings is 1. The molecule has 2 amide bonds. The number of thiophene rings is 1. The van der Waals surface area contributed by atoms with E-state index in [1.54, 1.807) is 17.5 Å². The molecule has 0 aliphatic carbocycles. The van der Waals surface area contributed by atoms with Gasteiger partial charge in [-0.05, 0) is 36.4 Å². The summed E-state index contributed by atoms with van der Waals surface area (Å²) >= 11 is 1.23. The number of anilines is 1. The Hall–Kier alpha value is -1.90. The summed E-state index contributed by atoms with van der Waals surface area (Å²) in [6.07, 6.45) is 1.21. The van der Waals surface area contributed by atoms with E-state index in [1.165, 1.54) is 15.6 Å². The quantitative estimate of drug-likeness (QED) is 0.874. The van der Waals surface area contributed by atoms with Crippen LogP contribution in [0.3, 0.4) is 0 Å². The predicted molar refractivity (Wildman–Crippen MR) is 94.7 cm³/mol. The van der Waals surface area contributed by atoms with Gasteiger partial charge in [0, 0.05) is 24.8 Å². The second-order valence-corrected chi connectivity index (χ2v) is 8.69. The van der Waals surface area contributed by atoms with Crippen LogP contribution in [-0.4, -0.2) is 37.9 Å². The summed E-state index contributed by atoms with van der Waals surface area (Å²) in [5, 5.41) is 7.44. The maximum atomic E-state index is 12.5. The van der Waals surface area contributed by atoms with Crippen molar-refractivity contribution in [3.63, 3.8) is 0 Å². The molecule has 0 atom stereocenters. The highest BCUT2D eigenvalue weighted by atomic mass is 32.2. The van der Waals surface area contributed by atoms with Gasteiger partial charge in [0.05, 0.1) is 0 Å². The number of amides is 2. The minimum Gasteiger partial charge on any atom is -0.335 e. The Balaban J connectivity index is 1.51. The Labute approximate surface area is 145 Å². The third-order valence-corrected chi connectivity index (χ3v) is 7.18. The molecule has 3 rings (SSSR count). The molecule has 0 spiro atoms. The summed E-state index contributed by atoms with van der Waals surface area (Å²) < 4.78 is 26.8. The molecule has 1 aliphatic heterocycles. The van der Waals surface area contributed by atoms with Crippen LogP contribution >= 0.6 is 11.3 Å². The lowest BCUT2D eigenvalue weighted by atomic mass is 10.1. The lowest BCUT2D eigenvalue weighted by molar-refractivity contribution is 0.238. The Morgan fingerprint density at radius 1 is 1.08 bits per heavy atom. The molecule has 2 aromatic rings. The van der Waals surface area contributed by atoms with E-state index in [0.717, 1.165) is 5.69 Å². The molecule has 0 unspecified atom stereocenters. The number of sulfonamides is 1. The fraction of sp³-hybridized carbons (Fsp3) is 0.312. The Kier molecular flexibility index (Phi) is 5.17. The summed E-state index contributed by atoms with van der Waals surface area (Å²) in [6.45, 7) is 0.826. The number of hydrogen-bond acceptors (Lipinski definition) is 4. The van der Waals surface area contributed by atoms with Gasteiger partial charge in [-0.3, -0.25) is 0 Å². The number of nitrogens with one attached hydrogen (secondary N) is 2. The Morgan fingerprint density at radius 2 is 1.79 bits per heavy atom. The fourth-order valence-corrected chi connectivity index (χ4v) is 5.27. The van der Waals surface area contributed by atoms with Crippen molar-refractivity contribution in [2.24, 2.45) is 0 Å². The molecule has 2 heterocycles. The van der Waals surface area contributed by atoms with Crippen LogP contribution in [0.2, 0.25) is 0 Å². The van der Waals surface area contributed by atoms with Crippen molar-refractivity contribution in [3.05, 3.63) is 47.8 Å². The van der Waals surface area contributed by atoms with E-state index in [9.17, 15) is 13.2 Å². The van der Waals surface area contributed by atoms with Gasteiger partial charge in [0.25, 0.3) is 10.0 Å². The number of benzene rings is 1. The van der Waals surface area contributed by atoms with Gasteiger partial charge in [-0.15, -0.1) is 11.3 Å². The maximum Gasteiger partial charge on any atom is 0.319 e. The predicted octanol–water partition coefficient (Wildman–Crippen LogP) is 2.72. The molecule has 0 saturated carbocycles. The molecule has 1 saturated heterocycles. The summed E-state index contributed by atoms with van der Waals surface area (Å²) in [6, 6.07) is 12.3. The first-order chi connectivity index (χ1) is 11.6. The van der Waals surface area contributed by atoms with Crippen LogP contribution in [-0.2, 0) is 10.0 Å².